The van der Waals surface area contributed by atoms with E-state index >= 15 is 0 Å². The lowest BCUT2D eigenvalue weighted by atomic mass is 9.99. The van der Waals surface area contributed by atoms with Crippen LogP contribution in [0.4, 0.5) is 0 Å². The van der Waals surface area contributed by atoms with Gasteiger partial charge in [0.1, 0.15) is 28.7 Å². The van der Waals surface area contributed by atoms with Crippen LogP contribution in [0.1, 0.15) is 42.6 Å². The van der Waals surface area contributed by atoms with Crippen molar-refractivity contribution >= 4 is 21.6 Å². The summed E-state index contributed by atoms with van der Waals surface area (Å²) in [6.07, 6.45) is 4.98. The van der Waals surface area contributed by atoms with Gasteiger partial charge < -0.3 is 20.1 Å². The highest BCUT2D eigenvalue weighted by Crippen LogP contribution is 2.43. The standard InChI is InChI=1S/C24H27N3O5S/c1-24(2)14-19-20(31-16-4-6-17(7-5-16)33(29,30)18-8-9-18)12-15(13-21(19)32-24)23(28)27-22(25)10-11-26-3/h4-7,10-13,18,26H,8-9,14H2,1-3H3,(H2,25,27,28)/b11-10-. The van der Waals surface area contributed by atoms with Crippen molar-refractivity contribution in [2.75, 3.05) is 7.05 Å². The molecule has 4 rings (SSSR count). The first-order chi connectivity index (χ1) is 15.6. The SMILES string of the molecule is CN/C=C\C(=N)NC(=O)c1cc(Oc2ccc(S(=O)(=O)C3CC3)cc2)c2c(c1)OC(C)(C)C2. The van der Waals surface area contributed by atoms with Crippen LogP contribution in [0.3, 0.4) is 0 Å². The largest absolute Gasteiger partial charge is 0.487 e. The predicted octanol–water partition coefficient (Wildman–Crippen LogP) is 3.57. The highest BCUT2D eigenvalue weighted by Gasteiger charge is 2.37. The molecule has 2 aliphatic rings. The molecule has 33 heavy (non-hydrogen) atoms. The summed E-state index contributed by atoms with van der Waals surface area (Å²) in [7, 11) is -1.58. The molecule has 0 spiro atoms. The molecule has 0 atom stereocenters. The molecule has 1 fully saturated rings. The molecule has 1 amide bonds. The van der Waals surface area contributed by atoms with Crippen LogP contribution >= 0.6 is 0 Å². The van der Waals surface area contributed by atoms with Crippen LogP contribution in [0, 0.1) is 5.41 Å². The first-order valence-electron chi connectivity index (χ1n) is 10.7. The van der Waals surface area contributed by atoms with Crippen LogP contribution in [0.2, 0.25) is 0 Å². The van der Waals surface area contributed by atoms with Crippen LogP contribution in [0.5, 0.6) is 17.2 Å². The smallest absolute Gasteiger partial charge is 0.257 e. The Morgan fingerprint density at radius 2 is 1.91 bits per heavy atom. The number of rotatable bonds is 7. The van der Waals surface area contributed by atoms with E-state index in [0.717, 1.165) is 5.56 Å². The third kappa shape index (κ3) is 5.03. The molecule has 3 N–H and O–H groups in total. The van der Waals surface area contributed by atoms with Crippen molar-refractivity contribution in [3.63, 3.8) is 0 Å². The molecule has 1 saturated carbocycles. The number of amides is 1. The van der Waals surface area contributed by atoms with E-state index in [4.69, 9.17) is 14.9 Å². The summed E-state index contributed by atoms with van der Waals surface area (Å²) in [5.41, 5.74) is 0.661. The van der Waals surface area contributed by atoms with Gasteiger partial charge in [0.25, 0.3) is 5.91 Å². The molecule has 0 bridgehead atoms. The number of carbonyl (C=O) groups is 1. The van der Waals surface area contributed by atoms with E-state index in [9.17, 15) is 13.2 Å². The molecule has 8 nitrogen and oxygen atoms in total. The fraction of sp³-hybridized carbons (Fsp3) is 0.333. The van der Waals surface area contributed by atoms with E-state index in [1.54, 1.807) is 49.6 Å². The maximum absolute atomic E-state index is 12.7. The summed E-state index contributed by atoms with van der Waals surface area (Å²) in [6.45, 7) is 3.90. The van der Waals surface area contributed by atoms with Gasteiger partial charge in [0.2, 0.25) is 0 Å². The van der Waals surface area contributed by atoms with Gasteiger partial charge >= 0.3 is 0 Å². The number of carbonyl (C=O) groups excluding carboxylic acids is 1. The minimum absolute atomic E-state index is 0.0639. The Labute approximate surface area is 193 Å². The van der Waals surface area contributed by atoms with Crippen LogP contribution < -0.4 is 20.1 Å². The lowest BCUT2D eigenvalue weighted by Gasteiger charge is -2.16. The van der Waals surface area contributed by atoms with Crippen LogP contribution in [-0.4, -0.2) is 38.1 Å². The molecule has 0 aromatic heterocycles. The van der Waals surface area contributed by atoms with Crippen molar-refractivity contribution in [3.8, 4) is 17.2 Å². The Bertz CT molecular complexity index is 1230. The molecule has 0 unspecified atom stereocenters. The van der Waals surface area contributed by atoms with Crippen molar-refractivity contribution in [1.82, 2.24) is 10.6 Å². The number of fused-ring (bicyclic) bond motifs is 1. The lowest BCUT2D eigenvalue weighted by molar-refractivity contribution is 0.0975. The molecule has 1 aliphatic carbocycles. The highest BCUT2D eigenvalue weighted by atomic mass is 32.2. The minimum atomic E-state index is -3.28. The van der Waals surface area contributed by atoms with Gasteiger partial charge in [0.05, 0.1) is 10.1 Å². The second-order valence-corrected chi connectivity index (χ2v) is 11.0. The molecule has 0 radical (unpaired) electrons. The molecule has 0 saturated heterocycles. The molecule has 9 heteroatoms. The second-order valence-electron chi connectivity index (χ2n) is 8.80. The Morgan fingerprint density at radius 1 is 1.21 bits per heavy atom. The van der Waals surface area contributed by atoms with Crippen LogP contribution in [-0.2, 0) is 16.3 Å². The summed E-state index contributed by atoms with van der Waals surface area (Å²) in [4.78, 5) is 13.0. The van der Waals surface area contributed by atoms with Gasteiger partial charge in [-0.3, -0.25) is 10.2 Å². The number of benzene rings is 2. The molecule has 2 aromatic rings. The summed E-state index contributed by atoms with van der Waals surface area (Å²) < 4.78 is 37.0. The zero-order valence-corrected chi connectivity index (χ0v) is 19.6. The normalized spacial score (nSPS) is 16.7. The number of hydrogen-bond acceptors (Lipinski definition) is 7. The van der Waals surface area contributed by atoms with Gasteiger partial charge in [0, 0.05) is 24.6 Å². The zero-order chi connectivity index (χ0) is 23.8. The fourth-order valence-electron chi connectivity index (χ4n) is 3.66. The van der Waals surface area contributed by atoms with Crippen LogP contribution in [0.25, 0.3) is 0 Å². The van der Waals surface area contributed by atoms with E-state index in [2.05, 4.69) is 10.6 Å². The minimum Gasteiger partial charge on any atom is -0.487 e. The average molecular weight is 470 g/mol. The lowest BCUT2D eigenvalue weighted by Crippen LogP contribution is -2.28. The molecule has 1 heterocycles. The molecular formula is C24H27N3O5S. The number of ether oxygens (including phenoxy) is 2. The number of amidine groups is 1. The summed E-state index contributed by atoms with van der Waals surface area (Å²) in [6, 6.07) is 9.60. The van der Waals surface area contributed by atoms with Crippen molar-refractivity contribution in [2.24, 2.45) is 0 Å². The van der Waals surface area contributed by atoms with Crippen molar-refractivity contribution in [3.05, 3.63) is 59.8 Å². The monoisotopic (exact) mass is 469 g/mol. The zero-order valence-electron chi connectivity index (χ0n) is 18.8. The predicted molar refractivity (Wildman–Crippen MR) is 125 cm³/mol. The Morgan fingerprint density at radius 3 is 2.55 bits per heavy atom. The summed E-state index contributed by atoms with van der Waals surface area (Å²) in [5, 5.41) is 12.9. The summed E-state index contributed by atoms with van der Waals surface area (Å²) >= 11 is 0. The van der Waals surface area contributed by atoms with E-state index in [0.29, 0.717) is 36.5 Å². The fourth-order valence-corrected chi connectivity index (χ4v) is 5.32. The van der Waals surface area contributed by atoms with Gasteiger partial charge in [-0.05, 0) is 75.4 Å². The first kappa shape index (κ1) is 22.8. The quantitative estimate of drug-likeness (QED) is 0.422. The highest BCUT2D eigenvalue weighted by molar-refractivity contribution is 7.92. The van der Waals surface area contributed by atoms with Gasteiger partial charge in [0.15, 0.2) is 9.84 Å². The Kier molecular flexibility index (Phi) is 5.92. The topological polar surface area (TPSA) is 118 Å². The number of hydrogen-bond donors (Lipinski definition) is 3. The average Bonchev–Trinajstić information content (AvgIpc) is 3.56. The molecular weight excluding hydrogens is 442 g/mol. The van der Waals surface area contributed by atoms with E-state index in [1.807, 2.05) is 13.8 Å². The van der Waals surface area contributed by atoms with Gasteiger partial charge in [-0.1, -0.05) is 0 Å². The summed E-state index contributed by atoms with van der Waals surface area (Å²) in [5.74, 6) is 0.934. The third-order valence-electron chi connectivity index (χ3n) is 5.43. The maximum atomic E-state index is 12.7. The Hall–Kier alpha value is -3.33. The van der Waals surface area contributed by atoms with Gasteiger partial charge in [-0.2, -0.15) is 0 Å². The number of nitrogens with one attached hydrogen (secondary N) is 3. The molecule has 174 valence electrons. The van der Waals surface area contributed by atoms with Gasteiger partial charge in [-0.15, -0.1) is 0 Å². The second kappa shape index (κ2) is 8.55. The first-order valence-corrected chi connectivity index (χ1v) is 12.3. The van der Waals surface area contributed by atoms with E-state index < -0.39 is 21.3 Å². The Balaban J connectivity index is 1.61. The van der Waals surface area contributed by atoms with Crippen molar-refractivity contribution < 1.29 is 22.7 Å². The maximum Gasteiger partial charge on any atom is 0.257 e. The van der Waals surface area contributed by atoms with Crippen molar-refractivity contribution in [2.45, 2.75) is 48.9 Å². The molecule has 2 aromatic carbocycles. The number of sulfone groups is 1. The van der Waals surface area contributed by atoms with E-state index in [1.165, 1.54) is 6.08 Å². The molecule has 1 aliphatic heterocycles. The third-order valence-corrected chi connectivity index (χ3v) is 7.71. The van der Waals surface area contributed by atoms with Gasteiger partial charge in [-0.25, -0.2) is 8.42 Å². The van der Waals surface area contributed by atoms with Crippen LogP contribution in [0.15, 0.2) is 53.6 Å². The van der Waals surface area contributed by atoms with Crippen molar-refractivity contribution in [1.29, 1.82) is 5.41 Å². The van der Waals surface area contributed by atoms with E-state index in [-0.39, 0.29) is 21.5 Å².